The van der Waals surface area contributed by atoms with E-state index in [9.17, 15) is 13.2 Å². The van der Waals surface area contributed by atoms with Crippen LogP contribution in [-0.2, 0) is 36.3 Å². The topological polar surface area (TPSA) is 74.8 Å². The van der Waals surface area contributed by atoms with E-state index in [-0.39, 0.29) is 0 Å². The van der Waals surface area contributed by atoms with E-state index in [1.165, 1.54) is 152 Å². The van der Waals surface area contributed by atoms with E-state index in [0.717, 1.165) is 65.0 Å². The summed E-state index contributed by atoms with van der Waals surface area (Å²) in [6.45, 7) is 20.9. The number of halogens is 3. The minimum Gasteiger partial charge on any atom is -0.385 e. The normalized spacial score (nSPS) is 14.3. The van der Waals surface area contributed by atoms with Gasteiger partial charge in [0.05, 0.1) is 0 Å². The van der Waals surface area contributed by atoms with Crippen LogP contribution in [0.1, 0.15) is 106 Å². The van der Waals surface area contributed by atoms with Crippen molar-refractivity contribution in [1.29, 1.82) is 0 Å². The average Bonchev–Trinajstić information content (AvgIpc) is 3.50. The van der Waals surface area contributed by atoms with Crippen LogP contribution < -0.4 is 39.7 Å². The van der Waals surface area contributed by atoms with Gasteiger partial charge in [0.15, 0.2) is 6.68 Å². The second-order valence-corrected chi connectivity index (χ2v) is 20.9. The molecule has 6 aromatic carbocycles. The molecule has 6 aromatic rings. The van der Waals surface area contributed by atoms with E-state index in [1.54, 1.807) is 0 Å². The van der Waals surface area contributed by atoms with Crippen molar-refractivity contribution < 1.29 is 25.8 Å². The SMILES string of the molecule is CCN(CC)c1ccc(N(CC)c2ccc(C(/C=C/C=C(/c3ccc(N(CC)c4ccc(N(CC)CC)cc4)cc3)c3cc4c5c(c3)CCCN5CCC4)=c3cc4c5c(c3)CCC[N+]=5CCC4)cc2)cc1.F[C-](F)F.O=S(=O)=[OH+]. The first kappa shape index (κ1) is 58.0. The van der Waals surface area contributed by atoms with Gasteiger partial charge >= 0.3 is 10.6 Å². The van der Waals surface area contributed by atoms with Gasteiger partial charge in [0.2, 0.25) is 5.36 Å². The van der Waals surface area contributed by atoms with Gasteiger partial charge in [0.1, 0.15) is 13.1 Å². The molecule has 0 fully saturated rings. The molecule has 10 rings (SSSR count). The summed E-state index contributed by atoms with van der Waals surface area (Å²) in [6.07, 6.45) is 16.7. The van der Waals surface area contributed by atoms with Crippen molar-refractivity contribution in [1.82, 2.24) is 4.58 Å². The van der Waals surface area contributed by atoms with Gasteiger partial charge < -0.3 is 37.7 Å². The van der Waals surface area contributed by atoms with Crippen LogP contribution in [0.4, 0.5) is 53.0 Å². The summed E-state index contributed by atoms with van der Waals surface area (Å²) in [7, 11) is -2.86. The fraction of sp³-hybridized carbons (Fsp3) is 0.364. The quantitative estimate of drug-likeness (QED) is 0.0390. The van der Waals surface area contributed by atoms with Crippen LogP contribution in [0.5, 0.6) is 0 Å². The number of rotatable bonds is 17. The predicted octanol–water partition coefficient (Wildman–Crippen LogP) is 13.2. The van der Waals surface area contributed by atoms with E-state index in [0.29, 0.717) is 0 Å². The molecule has 4 aliphatic heterocycles. The van der Waals surface area contributed by atoms with Crippen molar-refractivity contribution in [3.05, 3.63) is 196 Å². The Morgan fingerprint density at radius 1 is 0.544 bits per heavy atom. The van der Waals surface area contributed by atoms with Crippen molar-refractivity contribution in [3.63, 3.8) is 0 Å². The fourth-order valence-corrected chi connectivity index (χ4v) is 12.4. The van der Waals surface area contributed by atoms with Gasteiger partial charge in [-0.2, -0.15) is 4.21 Å². The number of hydrogen-bond acceptors (Lipinski definition) is 7. The maximum absolute atomic E-state index is 9.58. The molecule has 0 atom stereocenters. The van der Waals surface area contributed by atoms with Gasteiger partial charge in [-0.25, -0.2) is 4.58 Å². The number of nitrogens with zero attached hydrogens (tertiary/aromatic N) is 6. The zero-order valence-corrected chi connectivity index (χ0v) is 47.8. The van der Waals surface area contributed by atoms with Crippen molar-refractivity contribution in [3.8, 4) is 0 Å². The third-order valence-electron chi connectivity index (χ3n) is 16.0. The maximum atomic E-state index is 9.58. The Balaban J connectivity index is 0.000000963. The number of aryl methyl sites for hydroxylation is 4. The summed E-state index contributed by atoms with van der Waals surface area (Å²) < 4.78 is 55.5. The summed E-state index contributed by atoms with van der Waals surface area (Å²) in [5.41, 5.74) is 21.4. The van der Waals surface area contributed by atoms with Crippen LogP contribution in [0.3, 0.4) is 0 Å². The average molecular weight is 1090 g/mol. The molecule has 13 heteroatoms. The highest BCUT2D eigenvalue weighted by Crippen LogP contribution is 2.40. The molecular formula is C66H78F3N6O3S+. The zero-order chi connectivity index (χ0) is 56.0. The molecule has 79 heavy (non-hydrogen) atoms. The molecule has 1 N–H and O–H groups in total. The van der Waals surface area contributed by atoms with E-state index < -0.39 is 17.3 Å². The molecule has 0 saturated carbocycles. The second-order valence-electron chi connectivity index (χ2n) is 20.4. The van der Waals surface area contributed by atoms with Crippen LogP contribution in [0.25, 0.3) is 11.1 Å². The minimum atomic E-state index is -3.08. The third kappa shape index (κ3) is 14.0. The van der Waals surface area contributed by atoms with Crippen molar-refractivity contribution in [2.24, 2.45) is 0 Å². The van der Waals surface area contributed by atoms with Gasteiger partial charge in [-0.1, -0.05) is 50.9 Å². The lowest BCUT2D eigenvalue weighted by molar-refractivity contribution is 0.142. The highest BCUT2D eigenvalue weighted by molar-refractivity contribution is 7.59. The van der Waals surface area contributed by atoms with Crippen LogP contribution >= 0.6 is 0 Å². The first-order valence-corrected chi connectivity index (χ1v) is 29.6. The Bertz CT molecular complexity index is 3240. The van der Waals surface area contributed by atoms with E-state index >= 15 is 0 Å². The Morgan fingerprint density at radius 2 is 0.924 bits per heavy atom. The summed E-state index contributed by atoms with van der Waals surface area (Å²) in [5.74, 6) is 0. The fourth-order valence-electron chi connectivity index (χ4n) is 12.4. The lowest BCUT2D eigenvalue weighted by Crippen LogP contribution is -2.44. The van der Waals surface area contributed by atoms with E-state index in [4.69, 9.17) is 12.6 Å². The Kier molecular flexibility index (Phi) is 20.3. The molecule has 0 aromatic heterocycles. The third-order valence-corrected chi connectivity index (χ3v) is 16.0. The van der Waals surface area contributed by atoms with Gasteiger partial charge in [-0.05, 0) is 221 Å². The van der Waals surface area contributed by atoms with Crippen molar-refractivity contribution in [2.45, 2.75) is 92.9 Å². The van der Waals surface area contributed by atoms with Crippen molar-refractivity contribution in [2.75, 3.05) is 89.9 Å². The number of allylic oxidation sites excluding steroid dienone is 3. The molecule has 0 aliphatic carbocycles. The Morgan fingerprint density at radius 3 is 1.33 bits per heavy atom. The highest BCUT2D eigenvalue weighted by Gasteiger charge is 2.26. The molecule has 416 valence electrons. The van der Waals surface area contributed by atoms with Crippen LogP contribution in [0.15, 0.2) is 140 Å². The molecule has 0 unspecified atom stereocenters. The van der Waals surface area contributed by atoms with E-state index in [1.807, 2.05) is 0 Å². The maximum Gasteiger partial charge on any atom is 0.623 e. The molecule has 0 spiro atoms. The molecule has 0 saturated heterocycles. The standard InChI is InChI=1S/C65H77N6.CF3.O3S/c1-7-66(8-2)56-32-36-60(37-33-56)70(11-5)58-28-24-48(25-29-58)62(54-44-50-18-14-40-68-41-15-19-51(45-54)64(50)68)22-13-23-63(55-46-52-20-16-42-69-43-17-21-53(47-55)65(52)69)49-26-30-59(31-27-49)71(12-6)61-38-34-57(35-39-61)67(9-3)10-4;2-1(3)4;1-4(2)3/h13,22-39,44-47H,7-12,14-21,40-43H2,1-6H3;;/q+1;-1;/p+1. The summed E-state index contributed by atoms with van der Waals surface area (Å²) in [5, 5.41) is 2.85. The highest BCUT2D eigenvalue weighted by atomic mass is 32.2. The molecule has 4 aliphatic rings. The Labute approximate surface area is 468 Å². The van der Waals surface area contributed by atoms with Crippen LogP contribution in [0, 0.1) is 6.68 Å². The lowest BCUT2D eigenvalue weighted by atomic mass is 9.86. The number of anilines is 7. The van der Waals surface area contributed by atoms with Gasteiger partial charge in [0.25, 0.3) is 0 Å². The largest absolute Gasteiger partial charge is 0.623 e. The summed E-state index contributed by atoms with van der Waals surface area (Å²) in [6, 6.07) is 47.1. The molecule has 0 amide bonds. The van der Waals surface area contributed by atoms with Crippen LogP contribution in [0.2, 0.25) is 0 Å². The molecule has 9 nitrogen and oxygen atoms in total. The summed E-state index contributed by atoms with van der Waals surface area (Å²) in [4.78, 5) is 12.3. The first-order valence-electron chi connectivity index (χ1n) is 28.5. The molecule has 4 heterocycles. The number of hydrogen-bond donors (Lipinski definition) is 0. The minimum absolute atomic E-state index is 0.892. The molecular weight excluding hydrogens is 1010 g/mol. The van der Waals surface area contributed by atoms with Crippen molar-refractivity contribution >= 4 is 61.6 Å². The predicted molar refractivity (Wildman–Crippen MR) is 323 cm³/mol. The molecule has 0 radical (unpaired) electrons. The second kappa shape index (κ2) is 27.7. The number of benzene rings is 6. The van der Waals surface area contributed by atoms with Crippen LogP contribution in [-0.4, -0.2) is 78.1 Å². The Hall–Kier alpha value is -7.12. The molecule has 0 bridgehead atoms. The van der Waals surface area contributed by atoms with E-state index in [2.05, 4.69) is 210 Å². The lowest BCUT2D eigenvalue weighted by Gasteiger charge is -2.37. The van der Waals surface area contributed by atoms with Gasteiger partial charge in [-0.3, -0.25) is 0 Å². The monoisotopic (exact) mass is 1090 g/mol. The smallest absolute Gasteiger partial charge is 0.385 e. The van der Waals surface area contributed by atoms with Gasteiger partial charge in [-0.15, -0.1) is 0 Å². The summed E-state index contributed by atoms with van der Waals surface area (Å²) >= 11 is 0. The zero-order valence-electron chi connectivity index (χ0n) is 47.0. The first-order chi connectivity index (χ1) is 38.4. The van der Waals surface area contributed by atoms with Gasteiger partial charge in [0, 0.05) is 116 Å².